The highest BCUT2D eigenvalue weighted by Crippen LogP contribution is 2.40. The van der Waals surface area contributed by atoms with Gasteiger partial charge in [0.1, 0.15) is 6.54 Å². The minimum Gasteiger partial charge on any atom is -0.366 e. The summed E-state index contributed by atoms with van der Waals surface area (Å²) in [5.74, 6) is -0.0742. The third-order valence-corrected chi connectivity index (χ3v) is 3.96. The van der Waals surface area contributed by atoms with Crippen LogP contribution in [0.4, 0.5) is 0 Å². The van der Waals surface area contributed by atoms with Crippen LogP contribution in [0, 0.1) is 0 Å². The molecule has 2 atom stereocenters. The molecule has 5 heteroatoms. The molecule has 5 nitrogen and oxygen atoms in total. The summed E-state index contributed by atoms with van der Waals surface area (Å²) in [5.41, 5.74) is 7.05. The lowest BCUT2D eigenvalue weighted by Gasteiger charge is -2.19. The van der Waals surface area contributed by atoms with Crippen molar-refractivity contribution >= 4 is 11.8 Å². The second-order valence-electron chi connectivity index (χ2n) is 5.71. The predicted octanol–water partition coefficient (Wildman–Crippen LogP) is 1.25. The summed E-state index contributed by atoms with van der Waals surface area (Å²) in [6.07, 6.45) is 6.77. The summed E-state index contributed by atoms with van der Waals surface area (Å²) < 4.78 is 0. The number of nitrogens with zero attached hydrogens (tertiary/aromatic N) is 1. The highest BCUT2D eigenvalue weighted by molar-refractivity contribution is 5.92. The van der Waals surface area contributed by atoms with Crippen molar-refractivity contribution < 1.29 is 9.59 Å². The van der Waals surface area contributed by atoms with E-state index in [-0.39, 0.29) is 18.5 Å². The van der Waals surface area contributed by atoms with Crippen LogP contribution >= 0.6 is 0 Å². The maximum Gasteiger partial charge on any atom is 0.246 e. The van der Waals surface area contributed by atoms with Gasteiger partial charge >= 0.3 is 0 Å². The maximum atomic E-state index is 12.1. The first kappa shape index (κ1) is 14.4. The van der Waals surface area contributed by atoms with E-state index in [2.05, 4.69) is 17.4 Å². The van der Waals surface area contributed by atoms with Crippen LogP contribution in [0.25, 0.3) is 0 Å². The van der Waals surface area contributed by atoms with Gasteiger partial charge in [0.25, 0.3) is 0 Å². The average molecular weight is 297 g/mol. The molecule has 1 saturated carbocycles. The molecule has 1 heterocycles. The molecule has 2 aliphatic rings. The number of rotatable bonds is 5. The third-order valence-electron chi connectivity index (χ3n) is 3.96. The van der Waals surface area contributed by atoms with Gasteiger partial charge in [-0.25, -0.2) is 0 Å². The van der Waals surface area contributed by atoms with Crippen LogP contribution in [0.3, 0.4) is 0 Å². The summed E-state index contributed by atoms with van der Waals surface area (Å²) in [6.45, 7) is 0.200. The van der Waals surface area contributed by atoms with E-state index >= 15 is 0 Å². The zero-order chi connectivity index (χ0) is 15.5. The van der Waals surface area contributed by atoms with Gasteiger partial charge in [0.15, 0.2) is 0 Å². The van der Waals surface area contributed by atoms with Crippen LogP contribution in [0.2, 0.25) is 0 Å². The normalized spacial score (nSPS) is 22.9. The molecule has 1 aliphatic carbocycles. The molecular weight excluding hydrogens is 278 g/mol. The Labute approximate surface area is 129 Å². The Bertz CT molecular complexity index is 637. The number of allylic oxidation sites excluding steroid dienone is 1. The van der Waals surface area contributed by atoms with Gasteiger partial charge in [-0.3, -0.25) is 9.59 Å². The first-order chi connectivity index (χ1) is 10.6. The lowest BCUT2D eigenvalue weighted by atomic mass is 10.1. The minimum atomic E-state index is -0.443. The van der Waals surface area contributed by atoms with E-state index in [4.69, 9.17) is 5.73 Å². The number of carbonyl (C=O) groups is 2. The molecule has 2 amide bonds. The molecule has 0 aromatic heterocycles. The molecule has 0 unspecified atom stereocenters. The van der Waals surface area contributed by atoms with E-state index in [0.29, 0.717) is 17.9 Å². The fourth-order valence-electron chi connectivity index (χ4n) is 2.71. The second-order valence-corrected chi connectivity index (χ2v) is 5.71. The SMILES string of the molecule is NC(=O)C1=CN(CC(=O)N[C@@H]2C[C@H]2c2ccccc2)C=CC1. The van der Waals surface area contributed by atoms with Gasteiger partial charge in [-0.2, -0.15) is 0 Å². The van der Waals surface area contributed by atoms with E-state index < -0.39 is 5.91 Å². The number of primary amides is 1. The third kappa shape index (κ3) is 3.36. The number of nitrogens with two attached hydrogens (primary N) is 1. The van der Waals surface area contributed by atoms with E-state index in [1.807, 2.05) is 24.3 Å². The van der Waals surface area contributed by atoms with Gasteiger partial charge in [-0.1, -0.05) is 36.4 Å². The number of hydrogen-bond acceptors (Lipinski definition) is 3. The lowest BCUT2D eigenvalue weighted by Crippen LogP contribution is -2.35. The van der Waals surface area contributed by atoms with E-state index in [0.717, 1.165) is 6.42 Å². The standard InChI is InChI=1S/C17H19N3O2/c18-17(22)13-7-4-8-20(10-13)11-16(21)19-15-9-14(15)12-5-2-1-3-6-12/h1-6,8,10,14-15H,7,9,11H2,(H2,18,22)(H,19,21)/t14-,15+/m0/s1. The van der Waals surface area contributed by atoms with Crippen LogP contribution in [0.1, 0.15) is 24.3 Å². The van der Waals surface area contributed by atoms with Gasteiger partial charge in [0.05, 0.1) is 0 Å². The second kappa shape index (κ2) is 6.05. The van der Waals surface area contributed by atoms with Crippen LogP contribution < -0.4 is 11.1 Å². The Kier molecular flexibility index (Phi) is 3.96. The fraction of sp³-hybridized carbons (Fsp3) is 0.294. The van der Waals surface area contributed by atoms with Crippen molar-refractivity contribution in [3.63, 3.8) is 0 Å². The molecule has 0 saturated heterocycles. The van der Waals surface area contributed by atoms with Crippen LogP contribution in [-0.2, 0) is 9.59 Å². The summed E-state index contributed by atoms with van der Waals surface area (Å²) in [4.78, 5) is 24.9. The topological polar surface area (TPSA) is 75.4 Å². The molecule has 0 radical (unpaired) electrons. The van der Waals surface area contributed by atoms with Gasteiger partial charge in [0.2, 0.25) is 11.8 Å². The Morgan fingerprint density at radius 2 is 2.05 bits per heavy atom. The first-order valence-corrected chi connectivity index (χ1v) is 7.40. The van der Waals surface area contributed by atoms with Crippen molar-refractivity contribution in [1.29, 1.82) is 0 Å². The van der Waals surface area contributed by atoms with E-state index in [9.17, 15) is 9.59 Å². The summed E-state index contributed by atoms with van der Waals surface area (Å²) >= 11 is 0. The van der Waals surface area contributed by atoms with Crippen molar-refractivity contribution in [2.24, 2.45) is 5.73 Å². The molecule has 3 rings (SSSR count). The van der Waals surface area contributed by atoms with Gasteiger partial charge in [0, 0.05) is 29.9 Å². The Morgan fingerprint density at radius 3 is 2.77 bits per heavy atom. The molecular formula is C17H19N3O2. The predicted molar refractivity (Wildman–Crippen MR) is 83.5 cm³/mol. The van der Waals surface area contributed by atoms with Gasteiger partial charge in [-0.05, 0) is 18.4 Å². The highest BCUT2D eigenvalue weighted by atomic mass is 16.2. The molecule has 1 aliphatic heterocycles. The molecule has 1 aromatic rings. The molecule has 22 heavy (non-hydrogen) atoms. The molecule has 0 spiro atoms. The fourth-order valence-corrected chi connectivity index (χ4v) is 2.71. The summed E-state index contributed by atoms with van der Waals surface area (Å²) in [6, 6.07) is 10.4. The zero-order valence-corrected chi connectivity index (χ0v) is 12.2. The molecule has 0 bridgehead atoms. The zero-order valence-electron chi connectivity index (χ0n) is 12.2. The van der Waals surface area contributed by atoms with Gasteiger partial charge in [-0.15, -0.1) is 0 Å². The van der Waals surface area contributed by atoms with Crippen molar-refractivity contribution in [1.82, 2.24) is 10.2 Å². The lowest BCUT2D eigenvalue weighted by molar-refractivity contribution is -0.121. The van der Waals surface area contributed by atoms with Gasteiger partial charge < -0.3 is 16.0 Å². The van der Waals surface area contributed by atoms with E-state index in [1.165, 1.54) is 5.56 Å². The first-order valence-electron chi connectivity index (χ1n) is 7.40. The van der Waals surface area contributed by atoms with Crippen molar-refractivity contribution in [2.75, 3.05) is 6.54 Å². The average Bonchev–Trinajstić information content (AvgIpc) is 3.27. The molecule has 3 N–H and O–H groups in total. The molecule has 1 fully saturated rings. The summed E-state index contributed by atoms with van der Waals surface area (Å²) in [5, 5.41) is 3.03. The van der Waals surface area contributed by atoms with Crippen LogP contribution in [-0.4, -0.2) is 29.3 Å². The summed E-state index contributed by atoms with van der Waals surface area (Å²) in [7, 11) is 0. The van der Waals surface area contributed by atoms with Crippen molar-refractivity contribution in [2.45, 2.75) is 24.8 Å². The van der Waals surface area contributed by atoms with Crippen LogP contribution in [0.5, 0.6) is 0 Å². The smallest absolute Gasteiger partial charge is 0.246 e. The Morgan fingerprint density at radius 1 is 1.27 bits per heavy atom. The molecule has 1 aromatic carbocycles. The number of amides is 2. The quantitative estimate of drug-likeness (QED) is 0.859. The number of nitrogens with one attached hydrogen (secondary N) is 1. The van der Waals surface area contributed by atoms with Crippen molar-refractivity contribution in [3.05, 3.63) is 59.9 Å². The van der Waals surface area contributed by atoms with Crippen LogP contribution in [0.15, 0.2) is 54.4 Å². The Balaban J connectivity index is 1.51. The number of benzene rings is 1. The van der Waals surface area contributed by atoms with Crippen molar-refractivity contribution in [3.8, 4) is 0 Å². The van der Waals surface area contributed by atoms with E-state index in [1.54, 1.807) is 17.3 Å². The molecule has 114 valence electrons. The number of hydrogen-bond donors (Lipinski definition) is 2. The number of carbonyl (C=O) groups excluding carboxylic acids is 2. The minimum absolute atomic E-state index is 0.0462. The Hall–Kier alpha value is -2.56. The monoisotopic (exact) mass is 297 g/mol. The maximum absolute atomic E-state index is 12.1. The largest absolute Gasteiger partial charge is 0.366 e. The highest BCUT2D eigenvalue weighted by Gasteiger charge is 2.39.